The molecular weight excluding hydrogens is 301 g/mol. The first-order chi connectivity index (χ1) is 10.0. The van der Waals surface area contributed by atoms with Crippen LogP contribution in [0.4, 0.5) is 0 Å². The lowest BCUT2D eigenvalue weighted by atomic mass is 9.99. The van der Waals surface area contributed by atoms with Crippen molar-refractivity contribution < 1.29 is 0 Å². The van der Waals surface area contributed by atoms with Crippen molar-refractivity contribution in [3.8, 4) is 11.1 Å². The minimum atomic E-state index is 0.706. The second-order valence-electron chi connectivity index (χ2n) is 5.89. The number of hydrogen-bond acceptors (Lipinski definition) is 1. The van der Waals surface area contributed by atoms with Gasteiger partial charge in [0.1, 0.15) is 0 Å². The Balaban J connectivity index is 1.89. The lowest BCUT2D eigenvalue weighted by molar-refractivity contribution is 0.688. The molecule has 0 amide bonds. The van der Waals surface area contributed by atoms with Crippen LogP contribution in [0.2, 0.25) is 10.0 Å². The molecule has 1 nitrogen and oxygen atoms in total. The topological polar surface area (TPSA) is 12.0 Å². The number of aryl methyl sites for hydroxylation is 2. The maximum absolute atomic E-state index is 6.47. The third kappa shape index (κ3) is 3.42. The molecule has 2 aromatic rings. The van der Waals surface area contributed by atoms with Crippen LogP contribution in [0, 0.1) is 13.8 Å². The fraction of sp³-hybridized carbons (Fsp3) is 0.333. The summed E-state index contributed by atoms with van der Waals surface area (Å²) in [5.41, 5.74) is 5.65. The number of hydrogen-bond donors (Lipinski definition) is 1. The van der Waals surface area contributed by atoms with Gasteiger partial charge in [0.25, 0.3) is 0 Å². The molecule has 1 saturated carbocycles. The number of halogens is 2. The van der Waals surface area contributed by atoms with Crippen molar-refractivity contribution in [2.45, 2.75) is 39.3 Å². The van der Waals surface area contributed by atoms with Gasteiger partial charge in [0, 0.05) is 33.8 Å². The van der Waals surface area contributed by atoms with Gasteiger partial charge in [-0.15, -0.1) is 0 Å². The van der Waals surface area contributed by atoms with Crippen LogP contribution in [-0.2, 0) is 6.54 Å². The van der Waals surface area contributed by atoms with Gasteiger partial charge < -0.3 is 5.32 Å². The van der Waals surface area contributed by atoms with Crippen LogP contribution in [0.3, 0.4) is 0 Å². The third-order valence-corrected chi connectivity index (χ3v) is 4.70. The van der Waals surface area contributed by atoms with Crippen molar-refractivity contribution in [1.29, 1.82) is 0 Å². The molecule has 1 N–H and O–H groups in total. The molecule has 0 bridgehead atoms. The Kier molecular flexibility index (Phi) is 4.26. The van der Waals surface area contributed by atoms with Gasteiger partial charge in [0.05, 0.1) is 0 Å². The van der Waals surface area contributed by atoms with Gasteiger partial charge in [0.2, 0.25) is 0 Å². The van der Waals surface area contributed by atoms with E-state index >= 15 is 0 Å². The number of rotatable bonds is 4. The van der Waals surface area contributed by atoms with E-state index in [2.05, 4.69) is 37.4 Å². The lowest BCUT2D eigenvalue weighted by Crippen LogP contribution is -2.15. The highest BCUT2D eigenvalue weighted by Crippen LogP contribution is 2.35. The summed E-state index contributed by atoms with van der Waals surface area (Å²) in [5, 5.41) is 5.02. The van der Waals surface area contributed by atoms with Crippen LogP contribution in [0.5, 0.6) is 0 Å². The van der Waals surface area contributed by atoms with Crippen LogP contribution < -0.4 is 5.32 Å². The van der Waals surface area contributed by atoms with E-state index in [9.17, 15) is 0 Å². The molecule has 1 aliphatic carbocycles. The van der Waals surface area contributed by atoms with E-state index in [1.165, 1.54) is 29.5 Å². The van der Waals surface area contributed by atoms with Gasteiger partial charge >= 0.3 is 0 Å². The zero-order valence-electron chi connectivity index (χ0n) is 12.3. The predicted molar refractivity (Wildman–Crippen MR) is 91.2 cm³/mol. The van der Waals surface area contributed by atoms with Crippen molar-refractivity contribution in [3.05, 3.63) is 57.1 Å². The molecule has 0 aliphatic heterocycles. The Morgan fingerprint density at radius 2 is 1.62 bits per heavy atom. The Morgan fingerprint density at radius 1 is 0.952 bits per heavy atom. The van der Waals surface area contributed by atoms with Crippen molar-refractivity contribution in [3.63, 3.8) is 0 Å². The summed E-state index contributed by atoms with van der Waals surface area (Å²) in [4.78, 5) is 0. The highest BCUT2D eigenvalue weighted by molar-refractivity contribution is 6.36. The van der Waals surface area contributed by atoms with Crippen LogP contribution in [0.25, 0.3) is 11.1 Å². The maximum Gasteiger partial charge on any atom is 0.0488 e. The van der Waals surface area contributed by atoms with Crippen molar-refractivity contribution in [1.82, 2.24) is 5.32 Å². The van der Waals surface area contributed by atoms with Gasteiger partial charge in [-0.25, -0.2) is 0 Å². The molecule has 3 rings (SSSR count). The average molecular weight is 320 g/mol. The van der Waals surface area contributed by atoms with Crippen molar-refractivity contribution in [2.75, 3.05) is 0 Å². The third-order valence-electron chi connectivity index (χ3n) is 4.08. The lowest BCUT2D eigenvalue weighted by Gasteiger charge is -2.12. The minimum absolute atomic E-state index is 0.706. The first-order valence-electron chi connectivity index (χ1n) is 7.33. The Labute approximate surface area is 136 Å². The van der Waals surface area contributed by atoms with Crippen LogP contribution in [-0.4, -0.2) is 6.04 Å². The first kappa shape index (κ1) is 14.9. The molecule has 0 saturated heterocycles. The Morgan fingerprint density at radius 3 is 2.29 bits per heavy atom. The molecule has 0 spiro atoms. The van der Waals surface area contributed by atoms with Gasteiger partial charge in [-0.3, -0.25) is 0 Å². The quantitative estimate of drug-likeness (QED) is 0.781. The van der Waals surface area contributed by atoms with E-state index in [0.29, 0.717) is 6.04 Å². The molecule has 2 aromatic carbocycles. The number of benzene rings is 2. The fourth-order valence-electron chi connectivity index (χ4n) is 2.42. The summed E-state index contributed by atoms with van der Waals surface area (Å²) in [6, 6.07) is 11.1. The molecule has 0 unspecified atom stereocenters. The molecule has 21 heavy (non-hydrogen) atoms. The Bertz CT molecular complexity index is 675. The maximum atomic E-state index is 6.47. The molecule has 0 heterocycles. The number of nitrogens with one attached hydrogen (secondary N) is 1. The standard InChI is InChI=1S/C18H19Cl2N/c1-11-7-16(17(19)8-12(11)2)15-6-3-13(9-18(15)20)10-21-14-4-5-14/h3,6-9,14,21H,4-5,10H2,1-2H3. The Hall–Kier alpha value is -1.02. The molecule has 3 heteroatoms. The molecular formula is C18H19Cl2N. The van der Waals surface area contributed by atoms with E-state index in [4.69, 9.17) is 23.2 Å². The predicted octanol–water partition coefficient (Wildman–Crippen LogP) is 5.53. The SMILES string of the molecule is Cc1cc(Cl)c(-c2ccc(CNC3CC3)cc2Cl)cc1C. The summed E-state index contributed by atoms with van der Waals surface area (Å²) in [6.45, 7) is 5.04. The zero-order chi connectivity index (χ0) is 15.0. The fourth-order valence-corrected chi connectivity index (χ4v) is 3.05. The van der Waals surface area contributed by atoms with Crippen LogP contribution in [0.1, 0.15) is 29.5 Å². The molecule has 0 aromatic heterocycles. The van der Waals surface area contributed by atoms with Crippen molar-refractivity contribution >= 4 is 23.2 Å². The smallest absolute Gasteiger partial charge is 0.0488 e. The normalized spacial score (nSPS) is 14.5. The average Bonchev–Trinajstić information content (AvgIpc) is 3.25. The highest BCUT2D eigenvalue weighted by Gasteiger charge is 2.20. The summed E-state index contributed by atoms with van der Waals surface area (Å²) in [7, 11) is 0. The van der Waals surface area contributed by atoms with Gasteiger partial charge in [-0.2, -0.15) is 0 Å². The summed E-state index contributed by atoms with van der Waals surface area (Å²) < 4.78 is 0. The molecule has 110 valence electrons. The zero-order valence-corrected chi connectivity index (χ0v) is 13.9. The first-order valence-corrected chi connectivity index (χ1v) is 8.09. The van der Waals surface area contributed by atoms with E-state index in [1.807, 2.05) is 12.1 Å². The second kappa shape index (κ2) is 6.00. The molecule has 0 radical (unpaired) electrons. The summed E-state index contributed by atoms with van der Waals surface area (Å²) in [5.74, 6) is 0. The highest BCUT2D eigenvalue weighted by atomic mass is 35.5. The van der Waals surface area contributed by atoms with Crippen molar-refractivity contribution in [2.24, 2.45) is 0 Å². The van der Waals surface area contributed by atoms with Gasteiger partial charge in [0.15, 0.2) is 0 Å². The van der Waals surface area contributed by atoms with Gasteiger partial charge in [-0.1, -0.05) is 35.3 Å². The second-order valence-corrected chi connectivity index (χ2v) is 6.70. The summed E-state index contributed by atoms with van der Waals surface area (Å²) >= 11 is 12.9. The van der Waals surface area contributed by atoms with E-state index in [0.717, 1.165) is 27.7 Å². The largest absolute Gasteiger partial charge is 0.310 e. The van der Waals surface area contributed by atoms with E-state index < -0.39 is 0 Å². The van der Waals surface area contributed by atoms with Gasteiger partial charge in [-0.05, 0) is 61.6 Å². The monoisotopic (exact) mass is 319 g/mol. The molecule has 1 aliphatic rings. The molecule has 1 fully saturated rings. The van der Waals surface area contributed by atoms with E-state index in [-0.39, 0.29) is 0 Å². The minimum Gasteiger partial charge on any atom is -0.310 e. The van der Waals surface area contributed by atoms with Crippen LogP contribution >= 0.6 is 23.2 Å². The summed E-state index contributed by atoms with van der Waals surface area (Å²) in [6.07, 6.45) is 2.59. The van der Waals surface area contributed by atoms with Crippen LogP contribution in [0.15, 0.2) is 30.3 Å². The van der Waals surface area contributed by atoms with E-state index in [1.54, 1.807) is 0 Å². The molecule has 0 atom stereocenters.